The van der Waals surface area contributed by atoms with Crippen LogP contribution in [0.5, 0.6) is 0 Å². The van der Waals surface area contributed by atoms with Gasteiger partial charge in [0.05, 0.1) is 11.3 Å². The summed E-state index contributed by atoms with van der Waals surface area (Å²) in [4.78, 5) is 37.5. The fourth-order valence-corrected chi connectivity index (χ4v) is 3.50. The van der Waals surface area contributed by atoms with Crippen LogP contribution in [0.4, 0.5) is 5.69 Å². The summed E-state index contributed by atoms with van der Waals surface area (Å²) in [6.45, 7) is 4.29. The highest BCUT2D eigenvalue weighted by Gasteiger charge is 2.69. The van der Waals surface area contributed by atoms with Crippen LogP contribution < -0.4 is 10.2 Å². The van der Waals surface area contributed by atoms with Crippen LogP contribution in [0.2, 0.25) is 0 Å². The molecule has 2 unspecified atom stereocenters. The minimum absolute atomic E-state index is 0.0390. The van der Waals surface area contributed by atoms with Crippen molar-refractivity contribution >= 4 is 23.5 Å². The molecule has 6 nitrogen and oxygen atoms in total. The van der Waals surface area contributed by atoms with Gasteiger partial charge in [0.1, 0.15) is 6.54 Å². The second-order valence-electron chi connectivity index (χ2n) is 6.67. The Labute approximate surface area is 134 Å². The summed E-state index contributed by atoms with van der Waals surface area (Å²) in [6, 6.07) is 7.57. The van der Waals surface area contributed by atoms with Gasteiger partial charge < -0.3 is 15.3 Å². The normalized spacial score (nSPS) is 24.9. The molecule has 1 aromatic rings. The van der Waals surface area contributed by atoms with Crippen LogP contribution in [0.15, 0.2) is 24.3 Å². The molecule has 1 aliphatic carbocycles. The number of aliphatic carboxylic acids is 1. The quantitative estimate of drug-likeness (QED) is 0.853. The topological polar surface area (TPSA) is 86.7 Å². The Kier molecular flexibility index (Phi) is 3.62. The Morgan fingerprint density at radius 1 is 1.39 bits per heavy atom. The summed E-state index contributed by atoms with van der Waals surface area (Å²) in [5.74, 6) is -1.65. The number of nitrogens with zero attached hydrogens (tertiary/aromatic N) is 1. The van der Waals surface area contributed by atoms with Crippen molar-refractivity contribution < 1.29 is 19.5 Å². The van der Waals surface area contributed by atoms with Crippen molar-refractivity contribution in [3.63, 3.8) is 0 Å². The van der Waals surface area contributed by atoms with Crippen LogP contribution in [0.3, 0.4) is 0 Å². The molecule has 6 heteroatoms. The van der Waals surface area contributed by atoms with Crippen LogP contribution >= 0.6 is 0 Å². The summed E-state index contributed by atoms with van der Waals surface area (Å²) in [5.41, 5.74) is 0.967. The molecular formula is C17H20N2O4. The van der Waals surface area contributed by atoms with Crippen LogP contribution in [-0.2, 0) is 19.8 Å². The van der Waals surface area contributed by atoms with Gasteiger partial charge in [-0.05, 0) is 24.0 Å². The van der Waals surface area contributed by atoms with Gasteiger partial charge in [0.25, 0.3) is 0 Å². The predicted molar refractivity (Wildman–Crippen MR) is 84.1 cm³/mol. The largest absolute Gasteiger partial charge is 0.480 e. The third-order valence-corrected chi connectivity index (χ3v) is 4.54. The van der Waals surface area contributed by atoms with Gasteiger partial charge in [-0.25, -0.2) is 0 Å². The maximum Gasteiger partial charge on any atom is 0.322 e. The number of carbonyl (C=O) groups excluding carboxylic acids is 2. The maximum absolute atomic E-state index is 13.0. The van der Waals surface area contributed by atoms with Gasteiger partial charge in [-0.3, -0.25) is 14.4 Å². The van der Waals surface area contributed by atoms with E-state index in [2.05, 4.69) is 5.32 Å². The van der Waals surface area contributed by atoms with Gasteiger partial charge in [0, 0.05) is 12.2 Å². The number of rotatable bonds is 5. The molecule has 2 aliphatic rings. The monoisotopic (exact) mass is 316 g/mol. The molecule has 23 heavy (non-hydrogen) atoms. The lowest BCUT2D eigenvalue weighted by Gasteiger charge is -2.20. The van der Waals surface area contributed by atoms with Gasteiger partial charge in [0.2, 0.25) is 11.8 Å². The fraction of sp³-hybridized carbons (Fsp3) is 0.471. The first-order valence-electron chi connectivity index (χ1n) is 7.79. The van der Waals surface area contributed by atoms with E-state index in [1.807, 2.05) is 38.1 Å². The van der Waals surface area contributed by atoms with Crippen LogP contribution in [0.1, 0.15) is 25.8 Å². The SMILES string of the molecule is CC(C)CN1C(=O)C2(CC2C(=O)NCC(=O)O)c2ccccc21. The van der Waals surface area contributed by atoms with Gasteiger partial charge in [-0.15, -0.1) is 0 Å². The number of carboxylic acids is 1. The van der Waals surface area contributed by atoms with Gasteiger partial charge in [-0.1, -0.05) is 32.0 Å². The van der Waals surface area contributed by atoms with E-state index in [1.165, 1.54) is 0 Å². The third-order valence-electron chi connectivity index (χ3n) is 4.54. The Hall–Kier alpha value is -2.37. The minimum Gasteiger partial charge on any atom is -0.480 e. The standard InChI is InChI=1S/C17H20N2O4/c1-10(2)9-19-13-6-4-3-5-11(13)17(16(19)23)7-12(17)15(22)18-8-14(20)21/h3-6,10,12H,7-9H2,1-2H3,(H,18,22)(H,20,21). The molecule has 0 bridgehead atoms. The number of carboxylic acid groups (broad SMARTS) is 1. The van der Waals surface area contributed by atoms with Gasteiger partial charge in [0.15, 0.2) is 0 Å². The molecule has 0 aromatic heterocycles. The van der Waals surface area contributed by atoms with E-state index in [-0.39, 0.29) is 11.8 Å². The van der Waals surface area contributed by atoms with Crippen molar-refractivity contribution in [1.29, 1.82) is 0 Å². The molecule has 2 atom stereocenters. The molecule has 1 heterocycles. The Bertz CT molecular complexity index is 685. The first-order valence-corrected chi connectivity index (χ1v) is 7.79. The Morgan fingerprint density at radius 2 is 2.09 bits per heavy atom. The number of nitrogens with one attached hydrogen (secondary N) is 1. The number of fused-ring (bicyclic) bond motifs is 2. The number of anilines is 1. The number of hydrogen-bond donors (Lipinski definition) is 2. The number of carbonyl (C=O) groups is 3. The van der Waals surface area contributed by atoms with Crippen LogP contribution in [0, 0.1) is 11.8 Å². The lowest BCUT2D eigenvalue weighted by Crippen LogP contribution is -2.38. The third kappa shape index (κ3) is 2.38. The molecule has 2 N–H and O–H groups in total. The zero-order valence-electron chi connectivity index (χ0n) is 13.2. The average Bonchev–Trinajstić information content (AvgIpc) is 3.21. The molecule has 2 amide bonds. The van der Waals surface area contributed by atoms with Crippen molar-refractivity contribution in [3.05, 3.63) is 29.8 Å². The van der Waals surface area contributed by atoms with E-state index < -0.39 is 23.8 Å². The molecule has 0 radical (unpaired) electrons. The average molecular weight is 316 g/mol. The first-order chi connectivity index (χ1) is 10.9. The molecule has 122 valence electrons. The number of para-hydroxylation sites is 1. The Morgan fingerprint density at radius 3 is 2.74 bits per heavy atom. The molecule has 1 aromatic carbocycles. The smallest absolute Gasteiger partial charge is 0.322 e. The molecule has 0 saturated heterocycles. The lowest BCUT2D eigenvalue weighted by atomic mass is 9.94. The highest BCUT2D eigenvalue weighted by molar-refractivity contribution is 6.14. The van der Waals surface area contributed by atoms with E-state index in [4.69, 9.17) is 5.11 Å². The van der Waals surface area contributed by atoms with E-state index in [0.29, 0.717) is 18.9 Å². The summed E-state index contributed by atoms with van der Waals surface area (Å²) >= 11 is 0. The molecule has 1 aliphatic heterocycles. The van der Waals surface area contributed by atoms with Crippen molar-refractivity contribution in [1.82, 2.24) is 5.32 Å². The Balaban J connectivity index is 1.88. The highest BCUT2D eigenvalue weighted by atomic mass is 16.4. The van der Waals surface area contributed by atoms with E-state index in [0.717, 1.165) is 11.3 Å². The summed E-state index contributed by atoms with van der Waals surface area (Å²) in [7, 11) is 0. The fourth-order valence-electron chi connectivity index (χ4n) is 3.50. The summed E-state index contributed by atoms with van der Waals surface area (Å²) in [5, 5.41) is 11.1. The van der Waals surface area contributed by atoms with Crippen LogP contribution in [-0.4, -0.2) is 36.0 Å². The van der Waals surface area contributed by atoms with Gasteiger partial charge in [-0.2, -0.15) is 0 Å². The van der Waals surface area contributed by atoms with Crippen molar-refractivity contribution in [2.45, 2.75) is 25.7 Å². The highest BCUT2D eigenvalue weighted by Crippen LogP contribution is 2.61. The number of benzene rings is 1. The lowest BCUT2D eigenvalue weighted by molar-refractivity contribution is -0.138. The van der Waals surface area contributed by atoms with Crippen molar-refractivity contribution in [3.8, 4) is 0 Å². The predicted octanol–water partition coefficient (Wildman–Crippen LogP) is 1.15. The second-order valence-corrected chi connectivity index (χ2v) is 6.67. The zero-order valence-corrected chi connectivity index (χ0v) is 13.2. The maximum atomic E-state index is 13.0. The summed E-state index contributed by atoms with van der Waals surface area (Å²) in [6.07, 6.45) is 0.447. The van der Waals surface area contributed by atoms with Crippen molar-refractivity contribution in [2.24, 2.45) is 11.8 Å². The molecule has 3 rings (SSSR count). The van der Waals surface area contributed by atoms with Crippen LogP contribution in [0.25, 0.3) is 0 Å². The molecular weight excluding hydrogens is 296 g/mol. The first kappa shape index (κ1) is 15.5. The van der Waals surface area contributed by atoms with E-state index in [1.54, 1.807) is 4.90 Å². The van der Waals surface area contributed by atoms with Gasteiger partial charge >= 0.3 is 5.97 Å². The molecule has 1 saturated carbocycles. The summed E-state index contributed by atoms with van der Waals surface area (Å²) < 4.78 is 0. The zero-order chi connectivity index (χ0) is 16.8. The molecule has 1 fully saturated rings. The minimum atomic E-state index is -1.09. The van der Waals surface area contributed by atoms with Crippen molar-refractivity contribution in [2.75, 3.05) is 18.0 Å². The number of amides is 2. The van der Waals surface area contributed by atoms with E-state index in [9.17, 15) is 14.4 Å². The second kappa shape index (κ2) is 5.37. The number of hydrogen-bond acceptors (Lipinski definition) is 3. The van der Waals surface area contributed by atoms with E-state index >= 15 is 0 Å². The molecule has 1 spiro atoms.